The van der Waals surface area contributed by atoms with Crippen LogP contribution in [0.1, 0.15) is 35.6 Å². The first-order chi connectivity index (χ1) is 17.6. The molecule has 0 radical (unpaired) electrons. The predicted molar refractivity (Wildman–Crippen MR) is 143 cm³/mol. The number of fused-ring (bicyclic) bond motifs is 2. The molecule has 0 amide bonds. The van der Waals surface area contributed by atoms with Crippen molar-refractivity contribution in [3.05, 3.63) is 106 Å². The third-order valence-electron chi connectivity index (χ3n) is 6.28. The zero-order valence-corrected chi connectivity index (χ0v) is 21.2. The van der Waals surface area contributed by atoms with Gasteiger partial charge in [-0.3, -0.25) is 5.21 Å². The van der Waals surface area contributed by atoms with Gasteiger partial charge in [0.15, 0.2) is 7.05 Å². The molecule has 0 fully saturated rings. The Morgan fingerprint density at radius 3 is 2.53 bits per heavy atom. The minimum Gasteiger partial charge on any atom is -0.494 e. The molecule has 5 rings (SSSR count). The molecule has 1 N–H and O–H groups in total. The van der Waals surface area contributed by atoms with Crippen LogP contribution < -0.4 is 4.74 Å². The van der Waals surface area contributed by atoms with Crippen LogP contribution in [0, 0.1) is 0 Å². The molecule has 1 aliphatic rings. The van der Waals surface area contributed by atoms with Gasteiger partial charge in [-0.15, -0.1) is 11.3 Å². The summed E-state index contributed by atoms with van der Waals surface area (Å²) in [5.41, 5.74) is 5.40. The molecule has 0 saturated heterocycles. The molecular weight excluding hydrogens is 470 g/mol. The monoisotopic (exact) mass is 498 g/mol. The van der Waals surface area contributed by atoms with E-state index in [0.717, 1.165) is 49.9 Å². The third kappa shape index (κ3) is 4.52. The normalized spacial score (nSPS) is 14.2. The van der Waals surface area contributed by atoms with E-state index in [2.05, 4.69) is 29.6 Å². The van der Waals surface area contributed by atoms with Crippen LogP contribution in [0.2, 0.25) is 0 Å². The van der Waals surface area contributed by atoms with E-state index in [4.69, 9.17) is 9.47 Å². The molecule has 4 aromatic rings. The van der Waals surface area contributed by atoms with Crippen molar-refractivity contribution in [2.75, 3.05) is 20.3 Å². The smallest absolute Gasteiger partial charge is 0.345 e. The summed E-state index contributed by atoms with van der Waals surface area (Å²) in [6, 6.07) is 24.3. The molecule has 182 valence electrons. The fourth-order valence-corrected chi connectivity index (χ4v) is 5.67. The van der Waals surface area contributed by atoms with Crippen LogP contribution in [-0.2, 0) is 16.0 Å². The van der Waals surface area contributed by atoms with Crippen LogP contribution in [0.25, 0.3) is 15.7 Å². The van der Waals surface area contributed by atoms with Crippen molar-refractivity contribution in [2.45, 2.75) is 19.8 Å². The topological polar surface area (TPSA) is 58.8 Å². The second-order valence-corrected chi connectivity index (χ2v) is 9.54. The second-order valence-electron chi connectivity index (χ2n) is 8.63. The quantitative estimate of drug-likeness (QED) is 0.105. The lowest BCUT2D eigenvalue weighted by molar-refractivity contribution is -0.753. The lowest BCUT2D eigenvalue weighted by Gasteiger charge is -2.09. The van der Waals surface area contributed by atoms with Crippen molar-refractivity contribution in [2.24, 2.45) is 0 Å². The van der Waals surface area contributed by atoms with Gasteiger partial charge in [0.2, 0.25) is 0 Å². The first-order valence-electron chi connectivity index (χ1n) is 12.1. The molecule has 1 aliphatic carbocycles. The summed E-state index contributed by atoms with van der Waals surface area (Å²) in [5.74, 6) is 0.237. The van der Waals surface area contributed by atoms with Crippen LogP contribution in [0.5, 0.6) is 5.75 Å². The largest absolute Gasteiger partial charge is 0.494 e. The molecule has 0 unspecified atom stereocenters. The van der Waals surface area contributed by atoms with Gasteiger partial charge in [0.1, 0.15) is 11.3 Å². The Labute approximate surface area is 214 Å². The highest BCUT2D eigenvalue weighted by atomic mass is 32.1. The summed E-state index contributed by atoms with van der Waals surface area (Å²) in [7, 11) is 1.53. The van der Waals surface area contributed by atoms with E-state index in [0.29, 0.717) is 23.6 Å². The molecule has 0 saturated carbocycles. The van der Waals surface area contributed by atoms with Crippen molar-refractivity contribution in [3.63, 3.8) is 0 Å². The van der Waals surface area contributed by atoms with Gasteiger partial charge >= 0.3 is 5.97 Å². The molecule has 0 atom stereocenters. The molecule has 1 aromatic heterocycles. The average molecular weight is 499 g/mol. The summed E-state index contributed by atoms with van der Waals surface area (Å²) in [4.78, 5) is 13.2. The number of hydroxylamine groups is 1. The summed E-state index contributed by atoms with van der Waals surface area (Å²) in [6.45, 7) is 2.59. The highest BCUT2D eigenvalue weighted by Gasteiger charge is 2.41. The number of rotatable bonds is 8. The number of esters is 1. The highest BCUT2D eigenvalue weighted by molar-refractivity contribution is 7.17. The molecule has 0 bridgehead atoms. The zero-order chi connectivity index (χ0) is 25.1. The van der Waals surface area contributed by atoms with E-state index < -0.39 is 5.97 Å². The standard InChI is InChI=1S/C30H28NO4S/c1-3-34-30(32)28-27(25-19-36-26-14-8-7-13-22(25)26)23-16-15-21(18-24(23)29(28)31(2)33)35-17-9-12-20-10-5-4-6-11-20/h4-8,10-11,13-16,18-19,33H,3,9,12,17H2,1-2H3/q+1/b31-29+. The van der Waals surface area contributed by atoms with E-state index in [9.17, 15) is 10.0 Å². The van der Waals surface area contributed by atoms with Crippen molar-refractivity contribution in [1.82, 2.24) is 0 Å². The first-order valence-corrected chi connectivity index (χ1v) is 13.0. The van der Waals surface area contributed by atoms with Gasteiger partial charge in [-0.1, -0.05) is 48.5 Å². The molecule has 36 heavy (non-hydrogen) atoms. The van der Waals surface area contributed by atoms with Crippen LogP contribution >= 0.6 is 11.3 Å². The minimum atomic E-state index is -0.458. The molecule has 0 aliphatic heterocycles. The lowest BCUT2D eigenvalue weighted by Crippen LogP contribution is -2.22. The SMILES string of the molecule is CCOC(=O)C1=C(c2csc3ccccc23)c2ccc(OCCCc3ccccc3)cc2/C1=[N+](/C)O. The zero-order valence-electron chi connectivity index (χ0n) is 20.4. The summed E-state index contributed by atoms with van der Waals surface area (Å²) >= 11 is 1.63. The molecule has 1 heterocycles. The number of benzene rings is 3. The van der Waals surface area contributed by atoms with Gasteiger partial charge < -0.3 is 9.47 Å². The number of carbonyl (C=O) groups excluding carboxylic acids is 1. The second kappa shape index (κ2) is 10.4. The van der Waals surface area contributed by atoms with E-state index in [1.807, 2.05) is 48.5 Å². The number of carbonyl (C=O) groups is 1. The van der Waals surface area contributed by atoms with Gasteiger partial charge in [-0.05, 0) is 65.3 Å². The Morgan fingerprint density at radius 2 is 1.75 bits per heavy atom. The Morgan fingerprint density at radius 1 is 0.972 bits per heavy atom. The Balaban J connectivity index is 1.52. The molecule has 6 heteroatoms. The summed E-state index contributed by atoms with van der Waals surface area (Å²) in [5, 5.41) is 13.8. The number of nitrogens with zero attached hydrogens (tertiary/aromatic N) is 1. The molecule has 0 spiro atoms. The van der Waals surface area contributed by atoms with Gasteiger partial charge in [0, 0.05) is 21.2 Å². The van der Waals surface area contributed by atoms with Crippen LogP contribution in [0.3, 0.4) is 0 Å². The van der Waals surface area contributed by atoms with Crippen molar-refractivity contribution < 1.29 is 24.2 Å². The lowest BCUT2D eigenvalue weighted by atomic mass is 9.97. The number of ether oxygens (including phenoxy) is 2. The summed E-state index contributed by atoms with van der Waals surface area (Å²) < 4.78 is 13.7. The van der Waals surface area contributed by atoms with Gasteiger partial charge in [0.25, 0.3) is 5.71 Å². The maximum Gasteiger partial charge on any atom is 0.345 e. The first kappa shape index (κ1) is 23.8. The maximum absolute atomic E-state index is 13.2. The Kier molecular flexibility index (Phi) is 6.87. The van der Waals surface area contributed by atoms with E-state index in [1.54, 1.807) is 18.3 Å². The fraction of sp³-hybridized carbons (Fsp3) is 0.200. The molecule has 5 nitrogen and oxygen atoms in total. The van der Waals surface area contributed by atoms with Crippen LogP contribution in [0.15, 0.2) is 83.7 Å². The highest BCUT2D eigenvalue weighted by Crippen LogP contribution is 2.43. The minimum absolute atomic E-state index is 0.245. The van der Waals surface area contributed by atoms with E-state index in [1.165, 1.54) is 12.6 Å². The predicted octanol–water partition coefficient (Wildman–Crippen LogP) is 6.11. The average Bonchev–Trinajstić information content (AvgIpc) is 3.46. The van der Waals surface area contributed by atoms with Crippen molar-refractivity contribution in [1.29, 1.82) is 0 Å². The molecular formula is C30H28NO4S+. The number of hydrogen-bond donors (Lipinski definition) is 1. The maximum atomic E-state index is 13.2. The summed E-state index contributed by atoms with van der Waals surface area (Å²) in [6.07, 6.45) is 1.82. The molecule has 3 aromatic carbocycles. The van der Waals surface area contributed by atoms with Crippen LogP contribution in [0.4, 0.5) is 0 Å². The van der Waals surface area contributed by atoms with E-state index in [-0.39, 0.29) is 6.61 Å². The van der Waals surface area contributed by atoms with Crippen LogP contribution in [-0.4, -0.2) is 41.9 Å². The van der Waals surface area contributed by atoms with E-state index >= 15 is 0 Å². The van der Waals surface area contributed by atoms with Gasteiger partial charge in [0.05, 0.1) is 18.8 Å². The van der Waals surface area contributed by atoms with Gasteiger partial charge in [-0.25, -0.2) is 4.79 Å². The number of aryl methyl sites for hydroxylation is 1. The van der Waals surface area contributed by atoms with Crippen molar-refractivity contribution in [3.8, 4) is 5.75 Å². The number of hydrogen-bond acceptors (Lipinski definition) is 5. The Bertz CT molecular complexity index is 1480. The fourth-order valence-electron chi connectivity index (χ4n) is 4.72. The third-order valence-corrected chi connectivity index (χ3v) is 7.24. The number of thiophene rings is 1. The van der Waals surface area contributed by atoms with Crippen molar-refractivity contribution >= 4 is 38.7 Å². The Hall–Kier alpha value is -3.90. The van der Waals surface area contributed by atoms with Gasteiger partial charge in [-0.2, -0.15) is 0 Å².